The Morgan fingerprint density at radius 1 is 1.43 bits per heavy atom. The van der Waals surface area contributed by atoms with E-state index in [1.54, 1.807) is 17.8 Å². The second kappa shape index (κ2) is 9.30. The van der Waals surface area contributed by atoms with Crippen LogP contribution >= 0.6 is 11.8 Å². The maximum atomic E-state index is 11.4. The number of carbonyl (C=O) groups is 1. The first kappa shape index (κ1) is 19.2. The van der Waals surface area contributed by atoms with Crippen molar-refractivity contribution in [3.05, 3.63) is 44.4 Å². The van der Waals surface area contributed by atoms with Crippen molar-refractivity contribution < 1.29 is 4.79 Å². The average Bonchev–Trinajstić information content (AvgIpc) is 2.65. The molecule has 0 heterocycles. The Hall–Kier alpha value is -1.88. The molecule has 124 valence electrons. The Bertz CT molecular complexity index is 612. The zero-order valence-corrected chi connectivity index (χ0v) is 14.8. The molecule has 0 saturated heterocycles. The normalized spacial score (nSPS) is 20.4. The molecule has 0 aromatic carbocycles. The highest BCUT2D eigenvalue weighted by molar-refractivity contribution is 8.07. The number of carbonyl (C=O) groups excluding carboxylic acids is 1. The molecule has 23 heavy (non-hydrogen) atoms. The van der Waals surface area contributed by atoms with Gasteiger partial charge in [0.1, 0.15) is 6.29 Å². The van der Waals surface area contributed by atoms with Gasteiger partial charge in [-0.3, -0.25) is 4.79 Å². The third kappa shape index (κ3) is 5.06. The van der Waals surface area contributed by atoms with Gasteiger partial charge in [-0.05, 0) is 43.6 Å². The summed E-state index contributed by atoms with van der Waals surface area (Å²) >= 11 is 1.57. The van der Waals surface area contributed by atoms with Crippen LogP contribution < -0.4 is 5.73 Å². The van der Waals surface area contributed by atoms with E-state index in [-0.39, 0.29) is 0 Å². The topological polar surface area (TPSA) is 90.8 Å². The first-order valence-corrected chi connectivity index (χ1v) is 8.48. The van der Waals surface area contributed by atoms with E-state index in [1.165, 1.54) is 18.0 Å². The first-order chi connectivity index (χ1) is 11.0. The van der Waals surface area contributed by atoms with Crippen molar-refractivity contribution in [1.29, 1.82) is 10.8 Å². The number of aldehydes is 1. The van der Waals surface area contributed by atoms with Crippen molar-refractivity contribution in [1.82, 2.24) is 0 Å². The molecule has 4 N–H and O–H groups in total. The summed E-state index contributed by atoms with van der Waals surface area (Å²) in [5.74, 6) is 0.373. The summed E-state index contributed by atoms with van der Waals surface area (Å²) in [6, 6.07) is 0. The fourth-order valence-electron chi connectivity index (χ4n) is 2.42. The molecular weight excluding hydrogens is 306 g/mol. The van der Waals surface area contributed by atoms with E-state index in [9.17, 15) is 4.79 Å². The summed E-state index contributed by atoms with van der Waals surface area (Å²) in [6.45, 7) is 6.18. The largest absolute Gasteiger partial charge is 0.402 e. The predicted octanol–water partition coefficient (Wildman–Crippen LogP) is 4.35. The van der Waals surface area contributed by atoms with Gasteiger partial charge in [0, 0.05) is 40.6 Å². The monoisotopic (exact) mass is 331 g/mol. The molecule has 1 aliphatic rings. The van der Waals surface area contributed by atoms with Gasteiger partial charge in [-0.1, -0.05) is 30.3 Å². The van der Waals surface area contributed by atoms with Crippen molar-refractivity contribution in [3.8, 4) is 0 Å². The molecule has 0 spiro atoms. The molecule has 1 rings (SSSR count). The fraction of sp³-hybridized carbons (Fsp3) is 0.389. The molecule has 1 aliphatic carbocycles. The zero-order chi connectivity index (χ0) is 17.4. The molecule has 0 aromatic heterocycles. The molecule has 0 bridgehead atoms. The molecular formula is C18H25N3OS. The van der Waals surface area contributed by atoms with Gasteiger partial charge < -0.3 is 16.6 Å². The van der Waals surface area contributed by atoms with Gasteiger partial charge in [0.25, 0.3) is 0 Å². The molecule has 0 saturated carbocycles. The number of hydrogen-bond donors (Lipinski definition) is 3. The van der Waals surface area contributed by atoms with Crippen LogP contribution in [0.3, 0.4) is 0 Å². The van der Waals surface area contributed by atoms with Gasteiger partial charge in [0.05, 0.1) is 0 Å². The van der Waals surface area contributed by atoms with Crippen LogP contribution in [0.4, 0.5) is 0 Å². The van der Waals surface area contributed by atoms with Crippen molar-refractivity contribution in [3.63, 3.8) is 0 Å². The summed E-state index contributed by atoms with van der Waals surface area (Å²) in [7, 11) is 0. The second-order valence-electron chi connectivity index (χ2n) is 5.60. The van der Waals surface area contributed by atoms with Crippen LogP contribution in [0.5, 0.6) is 0 Å². The van der Waals surface area contributed by atoms with Gasteiger partial charge in [-0.15, -0.1) is 0 Å². The number of hydrogen-bond acceptors (Lipinski definition) is 5. The Morgan fingerprint density at radius 2 is 2.13 bits per heavy atom. The van der Waals surface area contributed by atoms with E-state index in [4.69, 9.17) is 16.6 Å². The van der Waals surface area contributed by atoms with Gasteiger partial charge in [0.2, 0.25) is 0 Å². The maximum absolute atomic E-state index is 11.4. The first-order valence-electron chi connectivity index (χ1n) is 7.66. The second-order valence-corrected chi connectivity index (χ2v) is 6.73. The molecule has 4 nitrogen and oxygen atoms in total. The van der Waals surface area contributed by atoms with Gasteiger partial charge in [-0.25, -0.2) is 0 Å². The molecule has 1 atom stereocenters. The average molecular weight is 331 g/mol. The van der Waals surface area contributed by atoms with Crippen LogP contribution in [-0.4, -0.2) is 18.7 Å². The van der Waals surface area contributed by atoms with Crippen LogP contribution in [0.2, 0.25) is 0 Å². The summed E-state index contributed by atoms with van der Waals surface area (Å²) < 4.78 is 0. The van der Waals surface area contributed by atoms with Crippen LogP contribution in [0.25, 0.3) is 0 Å². The van der Waals surface area contributed by atoms with E-state index in [0.717, 1.165) is 28.1 Å². The van der Waals surface area contributed by atoms with Gasteiger partial charge >= 0.3 is 0 Å². The van der Waals surface area contributed by atoms with E-state index < -0.39 is 0 Å². The van der Waals surface area contributed by atoms with Crippen LogP contribution in [0.1, 0.15) is 40.0 Å². The minimum atomic E-state index is 0.373. The Morgan fingerprint density at radius 3 is 2.65 bits per heavy atom. The third-order valence-electron chi connectivity index (χ3n) is 4.05. The van der Waals surface area contributed by atoms with E-state index in [0.29, 0.717) is 30.0 Å². The lowest BCUT2D eigenvalue weighted by atomic mass is 9.98. The van der Waals surface area contributed by atoms with Crippen LogP contribution in [0.15, 0.2) is 44.4 Å². The highest BCUT2D eigenvalue weighted by Gasteiger charge is 2.22. The number of thioether (sulfide) groups is 1. The van der Waals surface area contributed by atoms with Crippen LogP contribution in [0, 0.1) is 16.7 Å². The molecule has 0 aromatic rings. The molecule has 0 aliphatic heterocycles. The number of nitrogens with two attached hydrogens (primary N) is 1. The van der Waals surface area contributed by atoms with Gasteiger partial charge in [-0.2, -0.15) is 0 Å². The minimum absolute atomic E-state index is 0.373. The summed E-state index contributed by atoms with van der Waals surface area (Å²) in [5, 5.41) is 14.8. The van der Waals surface area contributed by atoms with Crippen LogP contribution in [-0.2, 0) is 4.79 Å². The SMILES string of the molecule is C/C=C(\CC(N)=CC=N)SC1=C(C)C(C)CCC(C=O)=C1C=N. The lowest BCUT2D eigenvalue weighted by Gasteiger charge is -2.17. The molecule has 5 heteroatoms. The number of rotatable bonds is 7. The quantitative estimate of drug-likeness (QED) is 0.478. The highest BCUT2D eigenvalue weighted by atomic mass is 32.2. The lowest BCUT2D eigenvalue weighted by Crippen LogP contribution is -2.01. The maximum Gasteiger partial charge on any atom is 0.146 e. The van der Waals surface area contributed by atoms with E-state index >= 15 is 0 Å². The molecule has 0 fully saturated rings. The minimum Gasteiger partial charge on any atom is -0.402 e. The Labute approximate surface area is 142 Å². The fourth-order valence-corrected chi connectivity index (χ4v) is 3.70. The standard InChI is InChI=1S/C18H25N3OS/c1-4-16(9-15(21)7-8-19)23-18-13(3)12(2)5-6-14(11-22)17(18)10-20/h4,7-8,10-12,19-20H,5-6,9,21H2,1-3H3/b15-7?,16-4+,19-8?,20-10?. The third-order valence-corrected chi connectivity index (χ3v) is 5.44. The Balaban J connectivity index is 3.24. The number of allylic oxidation sites excluding steroid dienone is 6. The summed E-state index contributed by atoms with van der Waals surface area (Å²) in [6.07, 6.45) is 9.10. The molecule has 0 amide bonds. The van der Waals surface area contributed by atoms with Crippen molar-refractivity contribution in [2.24, 2.45) is 11.7 Å². The smallest absolute Gasteiger partial charge is 0.146 e. The zero-order valence-electron chi connectivity index (χ0n) is 14.0. The predicted molar refractivity (Wildman–Crippen MR) is 100.0 cm³/mol. The van der Waals surface area contributed by atoms with E-state index in [2.05, 4.69) is 13.8 Å². The van der Waals surface area contributed by atoms with Crippen molar-refractivity contribution in [2.75, 3.05) is 0 Å². The lowest BCUT2D eigenvalue weighted by molar-refractivity contribution is -0.105. The molecule has 0 radical (unpaired) electrons. The summed E-state index contributed by atoms with van der Waals surface area (Å²) in [5.41, 5.74) is 9.16. The Kier molecular flexibility index (Phi) is 7.75. The summed E-state index contributed by atoms with van der Waals surface area (Å²) in [4.78, 5) is 13.4. The van der Waals surface area contributed by atoms with Crippen molar-refractivity contribution >= 4 is 30.5 Å². The van der Waals surface area contributed by atoms with E-state index in [1.807, 2.05) is 13.0 Å². The van der Waals surface area contributed by atoms with Crippen molar-refractivity contribution in [2.45, 2.75) is 40.0 Å². The molecule has 1 unspecified atom stereocenters. The number of nitrogens with one attached hydrogen (secondary N) is 2. The highest BCUT2D eigenvalue weighted by Crippen LogP contribution is 2.41. The van der Waals surface area contributed by atoms with Gasteiger partial charge in [0.15, 0.2) is 0 Å².